The highest BCUT2D eigenvalue weighted by atomic mass is 16.5. The van der Waals surface area contributed by atoms with E-state index in [-0.39, 0.29) is 12.0 Å². The van der Waals surface area contributed by atoms with Crippen LogP contribution in [0.25, 0.3) is 0 Å². The third-order valence-corrected chi connectivity index (χ3v) is 3.67. The Morgan fingerprint density at radius 2 is 2.29 bits per heavy atom. The first-order chi connectivity index (χ1) is 10.2. The molecular weight excluding hydrogens is 268 g/mol. The van der Waals surface area contributed by atoms with Gasteiger partial charge in [-0.1, -0.05) is 0 Å². The van der Waals surface area contributed by atoms with E-state index in [4.69, 9.17) is 15.2 Å². The Morgan fingerprint density at radius 3 is 2.86 bits per heavy atom. The molecule has 0 aliphatic carbocycles. The molecule has 0 radical (unpaired) electrons. The quantitative estimate of drug-likeness (QED) is 0.817. The molecule has 1 saturated heterocycles. The minimum absolute atomic E-state index is 0.0113. The van der Waals surface area contributed by atoms with Gasteiger partial charge in [0.15, 0.2) is 0 Å². The lowest BCUT2D eigenvalue weighted by Gasteiger charge is -2.24. The molecule has 1 atom stereocenters. The van der Waals surface area contributed by atoms with Crippen LogP contribution in [0.3, 0.4) is 0 Å². The van der Waals surface area contributed by atoms with Crippen molar-refractivity contribution in [3.8, 4) is 5.75 Å². The van der Waals surface area contributed by atoms with E-state index in [0.717, 1.165) is 19.4 Å². The van der Waals surface area contributed by atoms with E-state index in [0.29, 0.717) is 36.7 Å². The van der Waals surface area contributed by atoms with Crippen molar-refractivity contribution in [3.05, 3.63) is 23.8 Å². The lowest BCUT2D eigenvalue weighted by Crippen LogP contribution is -2.37. The number of hydrogen-bond acceptors (Lipinski definition) is 4. The van der Waals surface area contributed by atoms with Crippen LogP contribution in [0.2, 0.25) is 0 Å². The molecule has 0 bridgehead atoms. The molecule has 2 N–H and O–H groups in total. The summed E-state index contributed by atoms with van der Waals surface area (Å²) in [6.07, 6.45) is 2.26. The van der Waals surface area contributed by atoms with E-state index in [9.17, 15) is 4.79 Å². The van der Waals surface area contributed by atoms with E-state index >= 15 is 0 Å². The van der Waals surface area contributed by atoms with Crippen molar-refractivity contribution in [1.29, 1.82) is 0 Å². The van der Waals surface area contributed by atoms with Gasteiger partial charge in [-0.3, -0.25) is 4.79 Å². The van der Waals surface area contributed by atoms with Gasteiger partial charge in [0, 0.05) is 25.3 Å². The highest BCUT2D eigenvalue weighted by Gasteiger charge is 2.22. The summed E-state index contributed by atoms with van der Waals surface area (Å²) < 4.78 is 11.0. The number of carbonyl (C=O) groups excluding carboxylic acids is 1. The molecule has 0 saturated carbocycles. The normalized spacial score (nSPS) is 17.7. The number of nitrogens with two attached hydrogens (primary N) is 1. The molecule has 0 spiro atoms. The number of amides is 1. The number of nitrogens with zero attached hydrogens (tertiary/aromatic N) is 1. The van der Waals surface area contributed by atoms with Crippen LogP contribution in [0, 0.1) is 0 Å². The van der Waals surface area contributed by atoms with Gasteiger partial charge in [0.05, 0.1) is 18.4 Å². The number of likely N-dealkylation sites (N-methyl/N-ethyl adjacent to an activating group) is 1. The Bertz CT molecular complexity index is 484. The van der Waals surface area contributed by atoms with Gasteiger partial charge in [-0.15, -0.1) is 0 Å². The van der Waals surface area contributed by atoms with Crippen molar-refractivity contribution in [2.75, 3.05) is 32.0 Å². The first kappa shape index (κ1) is 15.6. The predicted octanol–water partition coefficient (Wildman–Crippen LogP) is 2.31. The van der Waals surface area contributed by atoms with Gasteiger partial charge in [0.25, 0.3) is 5.91 Å². The Morgan fingerprint density at radius 1 is 1.48 bits per heavy atom. The second kappa shape index (κ2) is 7.31. The predicted molar refractivity (Wildman–Crippen MR) is 82.6 cm³/mol. The first-order valence-corrected chi connectivity index (χ1v) is 7.58. The summed E-state index contributed by atoms with van der Waals surface area (Å²) in [7, 11) is 0. The third-order valence-electron chi connectivity index (χ3n) is 3.67. The van der Waals surface area contributed by atoms with Crippen LogP contribution < -0.4 is 10.5 Å². The number of nitrogen functional groups attached to an aromatic ring is 1. The molecule has 116 valence electrons. The molecular formula is C16H24N2O3. The van der Waals surface area contributed by atoms with Crippen LogP contribution in [0.4, 0.5) is 5.69 Å². The summed E-state index contributed by atoms with van der Waals surface area (Å²) in [5, 5.41) is 0. The minimum atomic E-state index is -0.0113. The van der Waals surface area contributed by atoms with Crippen molar-refractivity contribution in [3.63, 3.8) is 0 Å². The van der Waals surface area contributed by atoms with E-state index < -0.39 is 0 Å². The number of hydrogen-bond donors (Lipinski definition) is 1. The average Bonchev–Trinajstić information content (AvgIpc) is 2.99. The van der Waals surface area contributed by atoms with Crippen molar-refractivity contribution >= 4 is 11.6 Å². The van der Waals surface area contributed by atoms with Crippen LogP contribution in [-0.2, 0) is 4.74 Å². The topological polar surface area (TPSA) is 64.8 Å². The van der Waals surface area contributed by atoms with Crippen LogP contribution in [0.1, 0.15) is 37.0 Å². The summed E-state index contributed by atoms with van der Waals surface area (Å²) in [6.45, 7) is 6.53. The largest absolute Gasteiger partial charge is 0.492 e. The molecule has 1 fully saturated rings. The summed E-state index contributed by atoms with van der Waals surface area (Å²) in [5.41, 5.74) is 7.02. The van der Waals surface area contributed by atoms with Gasteiger partial charge >= 0.3 is 0 Å². The van der Waals surface area contributed by atoms with Crippen molar-refractivity contribution < 1.29 is 14.3 Å². The lowest BCUT2D eigenvalue weighted by atomic mass is 10.1. The van der Waals surface area contributed by atoms with Gasteiger partial charge < -0.3 is 20.1 Å². The van der Waals surface area contributed by atoms with Crippen LogP contribution in [0.5, 0.6) is 5.75 Å². The van der Waals surface area contributed by atoms with Crippen LogP contribution in [-0.4, -0.2) is 43.2 Å². The molecule has 1 aliphatic heterocycles. The van der Waals surface area contributed by atoms with E-state index in [2.05, 4.69) is 0 Å². The zero-order valence-electron chi connectivity index (χ0n) is 12.8. The van der Waals surface area contributed by atoms with Crippen molar-refractivity contribution in [2.45, 2.75) is 32.8 Å². The number of carbonyl (C=O) groups is 1. The second-order valence-electron chi connectivity index (χ2n) is 5.16. The maximum Gasteiger partial charge on any atom is 0.254 e. The summed E-state index contributed by atoms with van der Waals surface area (Å²) in [6, 6.07) is 5.21. The summed E-state index contributed by atoms with van der Waals surface area (Å²) in [5.74, 6) is 0.610. The molecule has 2 rings (SSSR count). The number of ether oxygens (including phenoxy) is 2. The minimum Gasteiger partial charge on any atom is -0.492 e. The van der Waals surface area contributed by atoms with Gasteiger partial charge in [0.1, 0.15) is 5.75 Å². The standard InChI is InChI=1S/C16H24N2O3/c1-3-18(11-13-6-5-9-21-13)16(19)12-7-8-15(20-4-2)14(17)10-12/h7-8,10,13H,3-6,9,11,17H2,1-2H3. The highest BCUT2D eigenvalue weighted by Crippen LogP contribution is 2.23. The maximum atomic E-state index is 12.6. The summed E-state index contributed by atoms with van der Waals surface area (Å²) in [4.78, 5) is 14.4. The van der Waals surface area contributed by atoms with E-state index in [1.165, 1.54) is 0 Å². The molecule has 21 heavy (non-hydrogen) atoms. The van der Waals surface area contributed by atoms with Crippen molar-refractivity contribution in [2.24, 2.45) is 0 Å². The van der Waals surface area contributed by atoms with Crippen molar-refractivity contribution in [1.82, 2.24) is 4.90 Å². The Kier molecular flexibility index (Phi) is 5.44. The maximum absolute atomic E-state index is 12.6. The molecule has 1 aromatic rings. The monoisotopic (exact) mass is 292 g/mol. The molecule has 1 heterocycles. The Hall–Kier alpha value is -1.75. The fourth-order valence-electron chi connectivity index (χ4n) is 2.54. The van der Waals surface area contributed by atoms with E-state index in [1.807, 2.05) is 18.7 Å². The molecule has 5 nitrogen and oxygen atoms in total. The smallest absolute Gasteiger partial charge is 0.254 e. The van der Waals surface area contributed by atoms with Gasteiger partial charge in [-0.25, -0.2) is 0 Å². The average molecular weight is 292 g/mol. The molecule has 1 aliphatic rings. The van der Waals surface area contributed by atoms with Gasteiger partial charge in [-0.05, 0) is 44.9 Å². The van der Waals surface area contributed by atoms with Crippen LogP contribution in [0.15, 0.2) is 18.2 Å². The molecule has 0 aromatic heterocycles. The zero-order valence-corrected chi connectivity index (χ0v) is 12.8. The molecule has 1 aromatic carbocycles. The highest BCUT2D eigenvalue weighted by molar-refractivity contribution is 5.95. The van der Waals surface area contributed by atoms with Gasteiger partial charge in [0.2, 0.25) is 0 Å². The number of anilines is 1. The fraction of sp³-hybridized carbons (Fsp3) is 0.562. The molecule has 1 unspecified atom stereocenters. The molecule has 1 amide bonds. The fourth-order valence-corrected chi connectivity index (χ4v) is 2.54. The second-order valence-corrected chi connectivity index (χ2v) is 5.16. The van der Waals surface area contributed by atoms with E-state index in [1.54, 1.807) is 18.2 Å². The Balaban J connectivity index is 2.07. The Labute approximate surface area is 126 Å². The molecule has 5 heteroatoms. The first-order valence-electron chi connectivity index (χ1n) is 7.58. The SMILES string of the molecule is CCOc1ccc(C(=O)N(CC)CC2CCCO2)cc1N. The van der Waals surface area contributed by atoms with Crippen LogP contribution >= 0.6 is 0 Å². The van der Waals surface area contributed by atoms with Gasteiger partial charge in [-0.2, -0.15) is 0 Å². The third kappa shape index (κ3) is 3.88. The number of rotatable bonds is 6. The lowest BCUT2D eigenvalue weighted by molar-refractivity contribution is 0.0539. The summed E-state index contributed by atoms with van der Waals surface area (Å²) >= 11 is 0. The zero-order chi connectivity index (χ0) is 15.2. The number of benzene rings is 1.